The van der Waals surface area contributed by atoms with Crippen LogP contribution in [-0.2, 0) is 15.8 Å². The fraction of sp³-hybridized carbons (Fsp3) is 0.304. The molecule has 1 aliphatic heterocycles. The van der Waals surface area contributed by atoms with Crippen LogP contribution in [0.4, 0.5) is 18.9 Å². The SMILES string of the molecule is Cc1ccc(N2C(=O)CC(c3ccccc3C(F)(F)F)C3=C2CCCC3=O)cc1Cl. The van der Waals surface area contributed by atoms with Gasteiger partial charge in [0.2, 0.25) is 5.91 Å². The third kappa shape index (κ3) is 3.54. The summed E-state index contributed by atoms with van der Waals surface area (Å²) in [7, 11) is 0. The molecule has 0 fully saturated rings. The summed E-state index contributed by atoms with van der Waals surface area (Å²) in [5.74, 6) is -1.45. The van der Waals surface area contributed by atoms with Crippen LogP contribution in [0.25, 0.3) is 0 Å². The molecule has 0 saturated heterocycles. The molecule has 0 bridgehead atoms. The third-order valence-electron chi connectivity index (χ3n) is 5.73. The lowest BCUT2D eigenvalue weighted by Crippen LogP contribution is -2.41. The number of rotatable bonds is 2. The summed E-state index contributed by atoms with van der Waals surface area (Å²) in [6, 6.07) is 10.4. The Morgan fingerprint density at radius 1 is 1.07 bits per heavy atom. The first-order chi connectivity index (χ1) is 14.2. The zero-order valence-corrected chi connectivity index (χ0v) is 17.0. The van der Waals surface area contributed by atoms with E-state index in [1.165, 1.54) is 23.1 Å². The van der Waals surface area contributed by atoms with Crippen molar-refractivity contribution in [2.45, 2.75) is 44.7 Å². The predicted molar refractivity (Wildman–Crippen MR) is 108 cm³/mol. The molecule has 1 unspecified atom stereocenters. The average molecular weight is 434 g/mol. The van der Waals surface area contributed by atoms with Crippen molar-refractivity contribution in [3.63, 3.8) is 0 Å². The number of amides is 1. The first-order valence-electron chi connectivity index (χ1n) is 9.70. The molecule has 1 aliphatic carbocycles. The van der Waals surface area contributed by atoms with Crippen LogP contribution in [-0.4, -0.2) is 11.7 Å². The summed E-state index contributed by atoms with van der Waals surface area (Å²) in [6.07, 6.45) is -3.51. The summed E-state index contributed by atoms with van der Waals surface area (Å²) in [6.45, 7) is 1.84. The number of alkyl halides is 3. The minimum atomic E-state index is -4.57. The first kappa shape index (κ1) is 20.7. The highest BCUT2D eigenvalue weighted by Gasteiger charge is 2.43. The molecule has 1 amide bonds. The molecule has 1 heterocycles. The van der Waals surface area contributed by atoms with Crippen molar-refractivity contribution in [2.24, 2.45) is 0 Å². The van der Waals surface area contributed by atoms with Gasteiger partial charge in [-0.05, 0) is 49.1 Å². The van der Waals surface area contributed by atoms with E-state index in [2.05, 4.69) is 0 Å². The number of Topliss-reactive ketones (excluding diaryl/α,β-unsaturated/α-hetero) is 1. The highest BCUT2D eigenvalue weighted by atomic mass is 35.5. The molecule has 0 radical (unpaired) electrons. The Bertz CT molecular complexity index is 1070. The van der Waals surface area contributed by atoms with E-state index in [1.807, 2.05) is 6.92 Å². The van der Waals surface area contributed by atoms with Crippen LogP contribution in [0, 0.1) is 6.92 Å². The molecule has 30 heavy (non-hydrogen) atoms. The van der Waals surface area contributed by atoms with Crippen molar-refractivity contribution in [3.8, 4) is 0 Å². The zero-order chi connectivity index (χ0) is 21.6. The summed E-state index contributed by atoms with van der Waals surface area (Å²) in [5, 5.41) is 0.481. The zero-order valence-electron chi connectivity index (χ0n) is 16.2. The molecule has 2 aromatic carbocycles. The Kier molecular flexibility index (Phi) is 5.22. The molecule has 2 aromatic rings. The van der Waals surface area contributed by atoms with Crippen LogP contribution in [0.15, 0.2) is 53.7 Å². The lowest BCUT2D eigenvalue weighted by molar-refractivity contribution is -0.138. The molecule has 2 aliphatic rings. The van der Waals surface area contributed by atoms with Crippen LogP contribution in [0.1, 0.15) is 48.3 Å². The summed E-state index contributed by atoms with van der Waals surface area (Å²) < 4.78 is 40.9. The van der Waals surface area contributed by atoms with Gasteiger partial charge >= 0.3 is 6.18 Å². The maximum atomic E-state index is 13.6. The van der Waals surface area contributed by atoms with Crippen molar-refractivity contribution in [2.75, 3.05) is 4.90 Å². The second-order valence-electron chi connectivity index (χ2n) is 7.64. The minimum absolute atomic E-state index is 0.0253. The standard InChI is InChI=1S/C23H19ClF3NO2/c1-13-9-10-14(11-18(13)24)28-19-7-4-8-20(29)22(19)16(12-21(28)30)15-5-2-3-6-17(15)23(25,26)27/h2-3,5-6,9-11,16H,4,7-8,12H2,1H3. The van der Waals surface area contributed by atoms with E-state index in [4.69, 9.17) is 11.6 Å². The number of allylic oxidation sites excluding steroid dienone is 2. The number of hydrogen-bond acceptors (Lipinski definition) is 2. The number of hydrogen-bond donors (Lipinski definition) is 0. The number of anilines is 1. The van der Waals surface area contributed by atoms with E-state index in [9.17, 15) is 22.8 Å². The molecule has 0 N–H and O–H groups in total. The molecule has 0 spiro atoms. The summed E-state index contributed by atoms with van der Waals surface area (Å²) in [5.41, 5.74) is 1.34. The minimum Gasteiger partial charge on any atom is -0.294 e. The van der Waals surface area contributed by atoms with Gasteiger partial charge in [-0.25, -0.2) is 0 Å². The monoisotopic (exact) mass is 433 g/mol. The van der Waals surface area contributed by atoms with Gasteiger partial charge in [0.1, 0.15) is 0 Å². The Labute approximate surface area is 177 Å². The number of aryl methyl sites for hydroxylation is 1. The first-order valence-corrected chi connectivity index (χ1v) is 10.1. The number of benzene rings is 2. The number of carbonyl (C=O) groups excluding carboxylic acids is 2. The molecule has 1 atom stereocenters. The van der Waals surface area contributed by atoms with Crippen molar-refractivity contribution >= 4 is 29.0 Å². The quantitative estimate of drug-likeness (QED) is 0.566. The summed E-state index contributed by atoms with van der Waals surface area (Å²) in [4.78, 5) is 27.5. The normalized spacial score (nSPS) is 19.9. The van der Waals surface area contributed by atoms with Crippen molar-refractivity contribution in [1.29, 1.82) is 0 Å². The summed E-state index contributed by atoms with van der Waals surface area (Å²) >= 11 is 6.23. The van der Waals surface area contributed by atoms with Gasteiger partial charge in [-0.2, -0.15) is 13.2 Å². The van der Waals surface area contributed by atoms with Crippen LogP contribution >= 0.6 is 11.6 Å². The Morgan fingerprint density at radius 3 is 2.50 bits per heavy atom. The molecule has 4 rings (SSSR count). The highest BCUT2D eigenvalue weighted by Crippen LogP contribution is 2.46. The van der Waals surface area contributed by atoms with E-state index in [0.29, 0.717) is 34.8 Å². The van der Waals surface area contributed by atoms with Gasteiger partial charge in [0, 0.05) is 35.1 Å². The van der Waals surface area contributed by atoms with E-state index >= 15 is 0 Å². The highest BCUT2D eigenvalue weighted by molar-refractivity contribution is 6.31. The van der Waals surface area contributed by atoms with Gasteiger partial charge in [0.25, 0.3) is 0 Å². The van der Waals surface area contributed by atoms with E-state index in [1.54, 1.807) is 18.2 Å². The second kappa shape index (κ2) is 7.58. The fourth-order valence-corrected chi connectivity index (χ4v) is 4.51. The van der Waals surface area contributed by atoms with Crippen LogP contribution in [0.3, 0.4) is 0 Å². The largest absolute Gasteiger partial charge is 0.416 e. The lowest BCUT2D eigenvalue weighted by atomic mass is 9.76. The fourth-order valence-electron chi connectivity index (χ4n) is 4.34. The lowest BCUT2D eigenvalue weighted by Gasteiger charge is -2.39. The third-order valence-corrected chi connectivity index (χ3v) is 6.14. The molecule has 0 saturated carbocycles. The molecule has 156 valence electrons. The number of ketones is 1. The molecule has 0 aromatic heterocycles. The van der Waals surface area contributed by atoms with Crippen LogP contribution in [0.2, 0.25) is 5.02 Å². The van der Waals surface area contributed by atoms with Gasteiger partial charge in [-0.1, -0.05) is 35.9 Å². The van der Waals surface area contributed by atoms with Crippen LogP contribution in [0.5, 0.6) is 0 Å². The van der Waals surface area contributed by atoms with E-state index in [0.717, 1.165) is 11.6 Å². The number of nitrogens with zero attached hydrogens (tertiary/aromatic N) is 1. The van der Waals surface area contributed by atoms with E-state index < -0.39 is 17.7 Å². The molecule has 3 nitrogen and oxygen atoms in total. The molecular formula is C23H19ClF3NO2. The number of carbonyl (C=O) groups is 2. The van der Waals surface area contributed by atoms with Crippen LogP contribution < -0.4 is 4.90 Å². The maximum absolute atomic E-state index is 13.6. The van der Waals surface area contributed by atoms with Gasteiger partial charge in [-0.3, -0.25) is 14.5 Å². The van der Waals surface area contributed by atoms with Crippen molar-refractivity contribution in [3.05, 3.63) is 75.4 Å². The molecule has 7 heteroatoms. The van der Waals surface area contributed by atoms with E-state index in [-0.39, 0.29) is 30.1 Å². The van der Waals surface area contributed by atoms with Gasteiger partial charge < -0.3 is 0 Å². The van der Waals surface area contributed by atoms with Gasteiger partial charge in [0.05, 0.1) is 11.3 Å². The van der Waals surface area contributed by atoms with Crippen molar-refractivity contribution < 1.29 is 22.8 Å². The van der Waals surface area contributed by atoms with Crippen molar-refractivity contribution in [1.82, 2.24) is 0 Å². The Balaban J connectivity index is 1.90. The number of halogens is 4. The second-order valence-corrected chi connectivity index (χ2v) is 8.05. The maximum Gasteiger partial charge on any atom is 0.416 e. The predicted octanol–water partition coefficient (Wildman–Crippen LogP) is 6.19. The molecular weight excluding hydrogens is 415 g/mol. The smallest absolute Gasteiger partial charge is 0.294 e. The Hall–Kier alpha value is -2.60. The topological polar surface area (TPSA) is 37.4 Å². The van der Waals surface area contributed by atoms with Gasteiger partial charge in [-0.15, -0.1) is 0 Å². The average Bonchev–Trinajstić information content (AvgIpc) is 2.69. The Morgan fingerprint density at radius 2 is 1.80 bits per heavy atom. The van der Waals surface area contributed by atoms with Gasteiger partial charge in [0.15, 0.2) is 5.78 Å².